The Balaban J connectivity index is 1.14. The van der Waals surface area contributed by atoms with Gasteiger partial charge in [-0.2, -0.15) is 0 Å². The molecule has 1 atom stereocenters. The molecule has 6 rings (SSSR count). The molecule has 0 saturated carbocycles. The van der Waals surface area contributed by atoms with E-state index in [-0.39, 0.29) is 55.2 Å². The molecule has 5 heterocycles. The van der Waals surface area contributed by atoms with E-state index >= 15 is 0 Å². The number of H-pyrrole nitrogens is 1. The van der Waals surface area contributed by atoms with Crippen LogP contribution in [0.5, 0.6) is 0 Å². The zero-order chi connectivity index (χ0) is 31.3. The van der Waals surface area contributed by atoms with Gasteiger partial charge in [0, 0.05) is 35.9 Å². The third kappa shape index (κ3) is 7.81. The Morgan fingerprint density at radius 3 is 2.53 bits per heavy atom. The molecule has 1 N–H and O–H groups in total. The molecule has 3 aliphatic heterocycles. The number of thiophene rings is 1. The summed E-state index contributed by atoms with van der Waals surface area (Å²) in [5.41, 5.74) is 1.46. The van der Waals surface area contributed by atoms with Gasteiger partial charge in [0.05, 0.1) is 57.3 Å². The number of rotatable bonds is 10. The number of carbonyl (C=O) groups excluding carboxylic acids is 2. The summed E-state index contributed by atoms with van der Waals surface area (Å²) >= 11 is 1.41. The number of ether oxygens (including phenoxy) is 2. The number of halogens is 1. The van der Waals surface area contributed by atoms with Crippen molar-refractivity contribution in [1.82, 2.24) is 24.1 Å². The molecule has 0 aliphatic carbocycles. The van der Waals surface area contributed by atoms with Gasteiger partial charge in [0.1, 0.15) is 26.8 Å². The van der Waals surface area contributed by atoms with Gasteiger partial charge in [-0.1, -0.05) is 0 Å². The smallest absolute Gasteiger partial charge is 0.256 e. The van der Waals surface area contributed by atoms with E-state index in [0.717, 1.165) is 4.88 Å². The highest BCUT2D eigenvalue weighted by Crippen LogP contribution is 2.26. The van der Waals surface area contributed by atoms with Crippen molar-refractivity contribution in [3.05, 3.63) is 80.1 Å². The predicted octanol–water partition coefficient (Wildman–Crippen LogP) is 2.52. The van der Waals surface area contributed by atoms with Gasteiger partial charge in [-0.15, -0.1) is 11.3 Å². The quantitative estimate of drug-likeness (QED) is 0.330. The van der Waals surface area contributed by atoms with Crippen LogP contribution in [0, 0.1) is 11.7 Å². The van der Waals surface area contributed by atoms with Gasteiger partial charge >= 0.3 is 0 Å². The topological polar surface area (TPSA) is 125 Å². The number of nitrogens with zero attached hydrogens (tertiary/aromatic N) is 4. The van der Waals surface area contributed by atoms with E-state index in [4.69, 9.17) is 9.47 Å². The predicted molar refractivity (Wildman–Crippen MR) is 165 cm³/mol. The second kappa shape index (κ2) is 14.5. The summed E-state index contributed by atoms with van der Waals surface area (Å²) < 4.78 is 39.9. The number of likely N-dealkylation sites (tertiary alicyclic amines) is 1. The SMILES string of the molecule is O=C(c1ccc(F)cc1)C1CCN(CC(=O)N(Cc2nc3c(c(=O)[nH]2)COCC3)Cc2ccc(S(=O)N3CCOCC3)s2)CC1. The lowest BCUT2D eigenvalue weighted by atomic mass is 9.89. The molecule has 1 aromatic carbocycles. The fourth-order valence-corrected chi connectivity index (χ4v) is 8.43. The summed E-state index contributed by atoms with van der Waals surface area (Å²) in [7, 11) is -1.30. The first-order valence-electron chi connectivity index (χ1n) is 15.2. The molecular weight excluding hydrogens is 622 g/mol. The number of benzene rings is 1. The van der Waals surface area contributed by atoms with Gasteiger partial charge in [-0.3, -0.25) is 19.3 Å². The number of morpholine rings is 1. The van der Waals surface area contributed by atoms with E-state index in [1.807, 2.05) is 21.3 Å². The minimum absolute atomic E-state index is 0.00147. The van der Waals surface area contributed by atoms with E-state index in [1.165, 1.54) is 35.6 Å². The Morgan fingerprint density at radius 1 is 1.02 bits per heavy atom. The van der Waals surface area contributed by atoms with Gasteiger partial charge in [-0.05, 0) is 62.3 Å². The largest absolute Gasteiger partial charge is 0.379 e. The molecule has 45 heavy (non-hydrogen) atoms. The highest BCUT2D eigenvalue weighted by atomic mass is 32.2. The van der Waals surface area contributed by atoms with Gasteiger partial charge in [0.2, 0.25) is 5.91 Å². The van der Waals surface area contributed by atoms with Crippen LogP contribution < -0.4 is 5.56 Å². The van der Waals surface area contributed by atoms with E-state index < -0.39 is 11.0 Å². The monoisotopic (exact) mass is 657 g/mol. The molecule has 240 valence electrons. The second-order valence-corrected chi connectivity index (χ2v) is 14.3. The number of amides is 1. The lowest BCUT2D eigenvalue weighted by Gasteiger charge is -2.32. The summed E-state index contributed by atoms with van der Waals surface area (Å²) in [5.74, 6) is -0.281. The molecule has 0 spiro atoms. The second-order valence-electron chi connectivity index (χ2n) is 11.4. The lowest BCUT2D eigenvalue weighted by Crippen LogP contribution is -2.44. The molecule has 2 fully saturated rings. The van der Waals surface area contributed by atoms with Gasteiger partial charge in [0.25, 0.3) is 5.56 Å². The van der Waals surface area contributed by atoms with Gasteiger partial charge < -0.3 is 19.4 Å². The number of piperidine rings is 1. The van der Waals surface area contributed by atoms with Crippen molar-refractivity contribution in [2.75, 3.05) is 52.5 Å². The zero-order valence-electron chi connectivity index (χ0n) is 24.9. The molecule has 1 unspecified atom stereocenters. The maximum atomic E-state index is 13.8. The molecule has 2 saturated heterocycles. The zero-order valence-corrected chi connectivity index (χ0v) is 26.5. The molecule has 1 amide bonds. The van der Waals surface area contributed by atoms with Crippen LogP contribution in [0.1, 0.15) is 45.2 Å². The van der Waals surface area contributed by atoms with Crippen LogP contribution in [0.4, 0.5) is 4.39 Å². The average Bonchev–Trinajstić information content (AvgIpc) is 3.53. The van der Waals surface area contributed by atoms with Crippen LogP contribution in [0.3, 0.4) is 0 Å². The number of carbonyl (C=O) groups is 2. The number of ketones is 1. The summed E-state index contributed by atoms with van der Waals surface area (Å²) in [6, 6.07) is 9.37. The van der Waals surface area contributed by atoms with Gasteiger partial charge in [0.15, 0.2) is 5.78 Å². The molecule has 0 bridgehead atoms. The number of aromatic amines is 1. The van der Waals surface area contributed by atoms with E-state index in [9.17, 15) is 23.0 Å². The number of nitrogens with one attached hydrogen (secondary N) is 1. The first kappa shape index (κ1) is 31.8. The number of Topliss-reactive ketones (excluding diaryl/α,β-unsaturated/α-hetero) is 1. The standard InChI is InChI=1S/C31H36FN5O6S2/c32-23-3-1-21(2-4-23)30(39)22-7-10-35(11-8-22)19-28(38)36(18-27-33-26-9-14-43-20-25(26)31(40)34-27)17-24-5-6-29(44-24)45(41)37-12-15-42-16-13-37/h1-6,22H,7-20H2,(H,33,34,40). The number of hydrogen-bond donors (Lipinski definition) is 1. The molecule has 0 radical (unpaired) electrons. The van der Waals surface area contributed by atoms with Gasteiger partial charge in [-0.25, -0.2) is 17.9 Å². The van der Waals surface area contributed by atoms with Crippen LogP contribution in [-0.2, 0) is 51.4 Å². The summed E-state index contributed by atoms with van der Waals surface area (Å²) in [6.45, 7) is 4.68. The minimum atomic E-state index is -1.30. The fourth-order valence-electron chi connectivity index (χ4n) is 5.84. The van der Waals surface area contributed by atoms with Crippen LogP contribution in [0.15, 0.2) is 45.4 Å². The number of aromatic nitrogens is 2. The summed E-state index contributed by atoms with van der Waals surface area (Å²) in [5, 5.41) is 0. The maximum Gasteiger partial charge on any atom is 0.256 e. The normalized spacial score (nSPS) is 18.8. The van der Waals surface area contributed by atoms with Crippen molar-refractivity contribution in [1.29, 1.82) is 0 Å². The Labute approximate surface area is 266 Å². The van der Waals surface area contributed by atoms with Crippen molar-refractivity contribution < 1.29 is 27.7 Å². The van der Waals surface area contributed by atoms with Crippen LogP contribution in [-0.4, -0.2) is 92.5 Å². The van der Waals surface area contributed by atoms with Crippen molar-refractivity contribution in [2.24, 2.45) is 5.92 Å². The van der Waals surface area contributed by atoms with Crippen LogP contribution >= 0.6 is 11.3 Å². The highest BCUT2D eigenvalue weighted by molar-refractivity contribution is 7.85. The van der Waals surface area contributed by atoms with Crippen molar-refractivity contribution in [2.45, 2.75) is 43.2 Å². The third-order valence-electron chi connectivity index (χ3n) is 8.38. The van der Waals surface area contributed by atoms with E-state index in [0.29, 0.717) is 92.1 Å². The van der Waals surface area contributed by atoms with Crippen molar-refractivity contribution in [3.8, 4) is 0 Å². The Hall–Kier alpha value is -3.14. The Kier molecular flexibility index (Phi) is 10.3. The first-order valence-corrected chi connectivity index (χ1v) is 17.1. The Morgan fingerprint density at radius 2 is 1.78 bits per heavy atom. The Bertz CT molecular complexity index is 1600. The average molecular weight is 658 g/mol. The first-order chi connectivity index (χ1) is 21.8. The van der Waals surface area contributed by atoms with Crippen molar-refractivity contribution >= 4 is 34.0 Å². The molecular formula is C31H36FN5O6S2. The van der Waals surface area contributed by atoms with Crippen molar-refractivity contribution in [3.63, 3.8) is 0 Å². The molecule has 2 aromatic heterocycles. The van der Waals surface area contributed by atoms with E-state index in [1.54, 1.807) is 4.90 Å². The lowest BCUT2D eigenvalue weighted by molar-refractivity contribution is -0.134. The fraction of sp³-hybridized carbons (Fsp3) is 0.484. The van der Waals surface area contributed by atoms with Crippen LogP contribution in [0.25, 0.3) is 0 Å². The summed E-state index contributed by atoms with van der Waals surface area (Å²) in [6.07, 6.45) is 1.74. The molecule has 3 aromatic rings. The number of hydrogen-bond acceptors (Lipinski definition) is 9. The number of fused-ring (bicyclic) bond motifs is 1. The van der Waals surface area contributed by atoms with E-state index in [2.05, 4.69) is 9.97 Å². The molecule has 14 heteroatoms. The van der Waals surface area contributed by atoms with Crippen LogP contribution in [0.2, 0.25) is 0 Å². The third-order valence-corrected chi connectivity index (χ3v) is 11.2. The highest BCUT2D eigenvalue weighted by Gasteiger charge is 2.29. The maximum absolute atomic E-state index is 13.8. The molecule has 11 nitrogen and oxygen atoms in total. The minimum Gasteiger partial charge on any atom is -0.379 e. The summed E-state index contributed by atoms with van der Waals surface area (Å²) in [4.78, 5) is 51.6. The molecule has 3 aliphatic rings.